The lowest BCUT2D eigenvalue weighted by Crippen LogP contribution is -2.44. The van der Waals surface area contributed by atoms with Gasteiger partial charge in [0.05, 0.1) is 0 Å². The van der Waals surface area contributed by atoms with Crippen LogP contribution in [0.4, 0.5) is 0 Å². The number of nitrogens with one attached hydrogen (secondary N) is 1. The van der Waals surface area contributed by atoms with E-state index < -0.39 is 0 Å². The Kier molecular flexibility index (Phi) is 19.4. The second kappa shape index (κ2) is 18.1. The highest BCUT2D eigenvalue weighted by Gasteiger charge is 2.24. The van der Waals surface area contributed by atoms with E-state index in [1.165, 1.54) is 12.8 Å². The average molecular weight is 376 g/mol. The predicted octanol–water partition coefficient (Wildman–Crippen LogP) is 0.0515. The summed E-state index contributed by atoms with van der Waals surface area (Å²) in [6.45, 7) is 5.79. The van der Waals surface area contributed by atoms with Crippen molar-refractivity contribution >= 4 is 0 Å². The summed E-state index contributed by atoms with van der Waals surface area (Å²) in [6, 6.07) is 1.44. The first-order chi connectivity index (χ1) is 12.2. The Labute approximate surface area is 162 Å². The smallest absolute Gasteiger partial charge is 0.00792 e. The summed E-state index contributed by atoms with van der Waals surface area (Å²) < 4.78 is 0. The third-order valence-electron chi connectivity index (χ3n) is 5.13. The van der Waals surface area contributed by atoms with Crippen LogP contribution in [0.1, 0.15) is 58.8 Å². The minimum Gasteiger partial charge on any atom is -0.330 e. The van der Waals surface area contributed by atoms with Gasteiger partial charge in [-0.2, -0.15) is 0 Å². The highest BCUT2D eigenvalue weighted by atomic mass is 14.7. The summed E-state index contributed by atoms with van der Waals surface area (Å²) in [7, 11) is 3.75. The molecule has 13 N–H and O–H groups in total. The third-order valence-corrected chi connectivity index (χ3v) is 5.13. The molecule has 2 aliphatic carbocycles. The lowest BCUT2D eigenvalue weighted by Gasteiger charge is -2.30. The van der Waals surface area contributed by atoms with Gasteiger partial charge in [0, 0.05) is 24.2 Å². The van der Waals surface area contributed by atoms with Crippen LogP contribution >= 0.6 is 0 Å². The SMILES string of the molecule is CC1C(N)CCCC1N.CC1CCC(N)CC1N.CNC.NCCCN. The van der Waals surface area contributed by atoms with Gasteiger partial charge in [0.2, 0.25) is 0 Å². The van der Waals surface area contributed by atoms with Crippen molar-refractivity contribution < 1.29 is 0 Å². The maximum absolute atomic E-state index is 5.79. The standard InChI is InChI=1S/2C7H16N2.C3H10N2.C2H7N/c1-5-2-3-6(8)4-7(5)9;1-5-6(8)3-2-4-7(5)9;4-2-1-3-5;1-3-2/h2*5-7H,2-4,8-9H2,1H3;1-5H2;3H,1-2H3. The fraction of sp³-hybridized carbons (Fsp3) is 1.00. The second-order valence-corrected chi connectivity index (χ2v) is 7.76. The monoisotopic (exact) mass is 375 g/mol. The summed E-state index contributed by atoms with van der Waals surface area (Å²) >= 11 is 0. The Morgan fingerprint density at radius 2 is 1.23 bits per heavy atom. The normalized spacial score (nSPS) is 33.5. The van der Waals surface area contributed by atoms with Crippen LogP contribution in [-0.4, -0.2) is 51.4 Å². The van der Waals surface area contributed by atoms with E-state index in [0.29, 0.717) is 36.0 Å². The number of nitrogens with two attached hydrogens (primary N) is 6. The molecule has 2 aliphatic rings. The van der Waals surface area contributed by atoms with Gasteiger partial charge < -0.3 is 39.7 Å². The third kappa shape index (κ3) is 14.8. The van der Waals surface area contributed by atoms with Crippen LogP contribution in [0.15, 0.2) is 0 Å². The van der Waals surface area contributed by atoms with Crippen molar-refractivity contribution in [1.29, 1.82) is 0 Å². The minimum atomic E-state index is 0.355. The van der Waals surface area contributed by atoms with E-state index in [1.807, 2.05) is 14.1 Å². The number of hydrogen-bond acceptors (Lipinski definition) is 7. The Balaban J connectivity index is 0. The van der Waals surface area contributed by atoms with Crippen LogP contribution in [0.2, 0.25) is 0 Å². The molecular weight excluding hydrogens is 326 g/mol. The van der Waals surface area contributed by atoms with Crippen molar-refractivity contribution in [2.45, 2.75) is 83.0 Å². The first-order valence-electron chi connectivity index (χ1n) is 10.3. The first-order valence-corrected chi connectivity index (χ1v) is 10.3. The summed E-state index contributed by atoms with van der Waals surface area (Å²) in [5.41, 5.74) is 33.2. The molecule has 0 aromatic heterocycles. The summed E-state index contributed by atoms with van der Waals surface area (Å²) in [4.78, 5) is 0. The molecule has 0 amide bonds. The molecule has 0 aromatic rings. The van der Waals surface area contributed by atoms with Crippen molar-refractivity contribution in [2.24, 2.45) is 46.2 Å². The van der Waals surface area contributed by atoms with Gasteiger partial charge in [-0.15, -0.1) is 0 Å². The number of rotatable bonds is 2. The van der Waals surface area contributed by atoms with Gasteiger partial charge in [0.25, 0.3) is 0 Å². The summed E-state index contributed by atoms with van der Waals surface area (Å²) in [5.74, 6) is 1.21. The molecule has 0 radical (unpaired) electrons. The molecule has 5 unspecified atom stereocenters. The fourth-order valence-electron chi connectivity index (χ4n) is 2.94. The Morgan fingerprint density at radius 3 is 1.50 bits per heavy atom. The van der Waals surface area contributed by atoms with Crippen molar-refractivity contribution in [3.63, 3.8) is 0 Å². The molecule has 0 bridgehead atoms. The Morgan fingerprint density at radius 1 is 0.769 bits per heavy atom. The molecule has 5 atom stereocenters. The largest absolute Gasteiger partial charge is 0.330 e. The minimum absolute atomic E-state index is 0.355. The molecule has 2 saturated carbocycles. The van der Waals surface area contributed by atoms with Gasteiger partial charge in [-0.25, -0.2) is 0 Å². The number of hydrogen-bond donors (Lipinski definition) is 7. The molecule has 160 valence electrons. The topological polar surface area (TPSA) is 168 Å². The molecule has 7 nitrogen and oxygen atoms in total. The summed E-state index contributed by atoms with van der Waals surface area (Å²) in [5, 5.41) is 2.75. The van der Waals surface area contributed by atoms with Crippen molar-refractivity contribution in [3.8, 4) is 0 Å². The average Bonchev–Trinajstić information content (AvgIpc) is 2.59. The van der Waals surface area contributed by atoms with Crippen LogP contribution in [0.3, 0.4) is 0 Å². The highest BCUT2D eigenvalue weighted by molar-refractivity contribution is 4.83. The van der Waals surface area contributed by atoms with Gasteiger partial charge in [0.1, 0.15) is 0 Å². The van der Waals surface area contributed by atoms with E-state index in [4.69, 9.17) is 34.4 Å². The summed E-state index contributed by atoms with van der Waals surface area (Å²) in [6.07, 6.45) is 7.87. The molecule has 0 saturated heterocycles. The maximum Gasteiger partial charge on any atom is 0.00792 e. The molecule has 26 heavy (non-hydrogen) atoms. The van der Waals surface area contributed by atoms with Gasteiger partial charge in [-0.3, -0.25) is 0 Å². The van der Waals surface area contributed by atoms with E-state index in [1.54, 1.807) is 0 Å². The quantitative estimate of drug-likeness (QED) is 0.358. The van der Waals surface area contributed by atoms with Gasteiger partial charge in [-0.1, -0.05) is 20.3 Å². The fourth-order valence-corrected chi connectivity index (χ4v) is 2.94. The van der Waals surface area contributed by atoms with Crippen LogP contribution in [0.25, 0.3) is 0 Å². The van der Waals surface area contributed by atoms with Crippen molar-refractivity contribution in [2.75, 3.05) is 27.2 Å². The molecule has 0 aliphatic heterocycles. The highest BCUT2D eigenvalue weighted by Crippen LogP contribution is 2.21. The molecule has 0 heterocycles. The van der Waals surface area contributed by atoms with E-state index >= 15 is 0 Å². The lowest BCUT2D eigenvalue weighted by molar-refractivity contribution is 0.287. The van der Waals surface area contributed by atoms with E-state index in [0.717, 1.165) is 45.2 Å². The predicted molar refractivity (Wildman–Crippen MR) is 116 cm³/mol. The second-order valence-electron chi connectivity index (χ2n) is 7.76. The van der Waals surface area contributed by atoms with Crippen molar-refractivity contribution in [3.05, 3.63) is 0 Å². The molecule has 2 rings (SSSR count). The Bertz CT molecular complexity index is 279. The van der Waals surface area contributed by atoms with Crippen LogP contribution in [-0.2, 0) is 0 Å². The van der Waals surface area contributed by atoms with Crippen LogP contribution in [0, 0.1) is 11.8 Å². The zero-order valence-corrected chi connectivity index (χ0v) is 17.8. The molecule has 2 fully saturated rings. The maximum atomic E-state index is 5.79. The van der Waals surface area contributed by atoms with Gasteiger partial charge in [-0.05, 0) is 77.5 Å². The Hall–Kier alpha value is -0.280. The van der Waals surface area contributed by atoms with Gasteiger partial charge in [0.15, 0.2) is 0 Å². The molecule has 0 spiro atoms. The van der Waals surface area contributed by atoms with E-state index in [-0.39, 0.29) is 0 Å². The zero-order valence-electron chi connectivity index (χ0n) is 17.8. The molecule has 7 heteroatoms. The van der Waals surface area contributed by atoms with Crippen LogP contribution in [0.5, 0.6) is 0 Å². The first kappa shape index (κ1) is 27.9. The van der Waals surface area contributed by atoms with E-state index in [2.05, 4.69) is 19.2 Å². The van der Waals surface area contributed by atoms with Gasteiger partial charge >= 0.3 is 0 Å². The lowest BCUT2D eigenvalue weighted by atomic mass is 9.83. The molecule has 0 aromatic carbocycles. The van der Waals surface area contributed by atoms with Crippen LogP contribution < -0.4 is 39.7 Å². The zero-order chi connectivity index (χ0) is 20.5. The molecular formula is C19H49N7. The van der Waals surface area contributed by atoms with E-state index in [9.17, 15) is 0 Å². The van der Waals surface area contributed by atoms with Crippen molar-refractivity contribution in [1.82, 2.24) is 5.32 Å².